The number of nitrogens with zero attached hydrogens (tertiary/aromatic N) is 4. The summed E-state index contributed by atoms with van der Waals surface area (Å²) in [6, 6.07) is 11.9. The summed E-state index contributed by atoms with van der Waals surface area (Å²) in [4.78, 5) is 29.9. The fourth-order valence-electron chi connectivity index (χ4n) is 8.27. The zero-order valence-electron chi connectivity index (χ0n) is 32.6. The number of carbonyl (C=O) groups is 2. The average Bonchev–Trinajstić information content (AvgIpc) is 3.67. The first kappa shape index (κ1) is 38.8. The maximum atomic E-state index is 14.6. The molecule has 294 valence electrons. The van der Waals surface area contributed by atoms with Crippen LogP contribution in [-0.2, 0) is 26.0 Å². The van der Waals surface area contributed by atoms with Crippen molar-refractivity contribution in [3.05, 3.63) is 70.5 Å². The number of ether oxygens (including phenoxy) is 3. The molecule has 2 aromatic heterocycles. The quantitative estimate of drug-likeness (QED) is 0.144. The molecule has 0 atom stereocenters. The topological polar surface area (TPSA) is 134 Å². The van der Waals surface area contributed by atoms with Crippen LogP contribution in [0.3, 0.4) is 0 Å². The molecular weight excluding hydrogens is 719 g/mol. The monoisotopic (exact) mass is 771 g/mol. The molecule has 7 rings (SSSR count). The molecule has 0 bridgehead atoms. The summed E-state index contributed by atoms with van der Waals surface area (Å²) in [6.45, 7) is 5.05. The van der Waals surface area contributed by atoms with E-state index >= 15 is 0 Å². The average molecular weight is 772 g/mol. The number of benzene rings is 2. The highest BCUT2D eigenvalue weighted by atomic mass is 32.2. The van der Waals surface area contributed by atoms with Gasteiger partial charge in [0, 0.05) is 49.3 Å². The van der Waals surface area contributed by atoms with Gasteiger partial charge in [-0.2, -0.15) is 5.10 Å². The van der Waals surface area contributed by atoms with E-state index in [0.717, 1.165) is 89.7 Å². The molecule has 4 aromatic rings. The second-order valence-corrected chi connectivity index (χ2v) is 17.5. The van der Waals surface area contributed by atoms with E-state index in [1.165, 1.54) is 12.0 Å². The van der Waals surface area contributed by atoms with Crippen molar-refractivity contribution >= 4 is 44.4 Å². The summed E-state index contributed by atoms with van der Waals surface area (Å²) >= 11 is 0. The number of rotatable bonds is 14. The minimum absolute atomic E-state index is 0.142. The Morgan fingerprint density at radius 2 is 1.65 bits per heavy atom. The summed E-state index contributed by atoms with van der Waals surface area (Å²) in [5, 5.41) is 5.18. The van der Waals surface area contributed by atoms with Gasteiger partial charge in [-0.05, 0) is 105 Å². The van der Waals surface area contributed by atoms with Gasteiger partial charge in [0.1, 0.15) is 5.75 Å². The Hall–Kier alpha value is -4.46. The number of amides is 2. The number of hydrogen-bond donors (Lipinski definition) is 1. The molecule has 1 aliphatic heterocycles. The Balaban J connectivity index is 1.46. The van der Waals surface area contributed by atoms with Crippen molar-refractivity contribution in [2.45, 2.75) is 89.0 Å². The molecule has 2 fully saturated rings. The van der Waals surface area contributed by atoms with E-state index in [2.05, 4.69) is 27.5 Å². The summed E-state index contributed by atoms with van der Waals surface area (Å²) < 4.78 is 48.7. The third-order valence-electron chi connectivity index (χ3n) is 11.6. The maximum Gasteiger partial charge on any atom is 0.264 e. The largest absolute Gasteiger partial charge is 0.497 e. The van der Waals surface area contributed by atoms with E-state index in [-0.39, 0.29) is 17.5 Å². The van der Waals surface area contributed by atoms with Gasteiger partial charge >= 0.3 is 0 Å². The van der Waals surface area contributed by atoms with Gasteiger partial charge in [0.15, 0.2) is 0 Å². The van der Waals surface area contributed by atoms with Crippen LogP contribution in [-0.4, -0.2) is 92.4 Å². The number of allylic oxidation sites excluding steroid dienone is 1. The highest BCUT2D eigenvalue weighted by Gasteiger charge is 2.34. The number of aromatic nitrogens is 3. The number of methoxy groups -OCH3 is 3. The zero-order chi connectivity index (χ0) is 38.9. The SMILES string of the molecule is COCCN(CCOC)C(=O)c1cnn(C2CCC2)c1C1=Cc2cc(OC)ccc2-c2c(C3CCCCC3)c3ccc(C(=O)NS(=O)(=O)C(C)C)cc3n2C1. The lowest BCUT2D eigenvalue weighted by atomic mass is 9.81. The van der Waals surface area contributed by atoms with E-state index in [9.17, 15) is 18.0 Å². The van der Waals surface area contributed by atoms with Crippen LogP contribution in [0.25, 0.3) is 33.8 Å². The van der Waals surface area contributed by atoms with Crippen molar-refractivity contribution in [2.75, 3.05) is 47.6 Å². The lowest BCUT2D eigenvalue weighted by molar-refractivity contribution is 0.0626. The van der Waals surface area contributed by atoms with Crippen molar-refractivity contribution in [1.82, 2.24) is 24.0 Å². The summed E-state index contributed by atoms with van der Waals surface area (Å²) in [5.74, 6) is 0.217. The Morgan fingerprint density at radius 1 is 0.927 bits per heavy atom. The van der Waals surface area contributed by atoms with Crippen LogP contribution < -0.4 is 9.46 Å². The van der Waals surface area contributed by atoms with Crippen molar-refractivity contribution < 1.29 is 32.2 Å². The lowest BCUT2D eigenvalue weighted by Gasteiger charge is -2.29. The molecule has 2 aliphatic carbocycles. The predicted molar refractivity (Wildman–Crippen MR) is 214 cm³/mol. The van der Waals surface area contributed by atoms with Crippen molar-refractivity contribution in [2.24, 2.45) is 0 Å². The Morgan fingerprint density at radius 3 is 2.29 bits per heavy atom. The molecule has 0 saturated heterocycles. The second kappa shape index (κ2) is 16.3. The molecule has 0 spiro atoms. The smallest absolute Gasteiger partial charge is 0.264 e. The minimum atomic E-state index is -3.85. The van der Waals surface area contributed by atoms with E-state index in [4.69, 9.17) is 19.3 Å². The number of hydrogen-bond acceptors (Lipinski definition) is 8. The van der Waals surface area contributed by atoms with Gasteiger partial charge in [-0.15, -0.1) is 0 Å². The van der Waals surface area contributed by atoms with Crippen LogP contribution in [0.1, 0.15) is 115 Å². The van der Waals surface area contributed by atoms with Gasteiger partial charge in [-0.1, -0.05) is 25.3 Å². The second-order valence-electron chi connectivity index (χ2n) is 15.3. The third kappa shape index (κ3) is 7.58. The van der Waals surface area contributed by atoms with E-state index < -0.39 is 21.2 Å². The molecule has 12 nitrogen and oxygen atoms in total. The van der Waals surface area contributed by atoms with Crippen molar-refractivity contribution in [1.29, 1.82) is 0 Å². The van der Waals surface area contributed by atoms with Crippen LogP contribution in [0, 0.1) is 0 Å². The fraction of sp³-hybridized carbons (Fsp3) is 0.500. The number of carbonyl (C=O) groups excluding carboxylic acids is 2. The van der Waals surface area contributed by atoms with Gasteiger partial charge in [0.25, 0.3) is 11.8 Å². The molecule has 55 heavy (non-hydrogen) atoms. The van der Waals surface area contributed by atoms with Crippen molar-refractivity contribution in [3.63, 3.8) is 0 Å². The lowest BCUT2D eigenvalue weighted by Crippen LogP contribution is -2.37. The summed E-state index contributed by atoms with van der Waals surface area (Å²) in [6.07, 6.45) is 12.5. The number of sulfonamides is 1. The standard InChI is InChI=1S/C42H53N5O7S/c1-27(2)55(50,51)44-41(48)29-14-16-35-37(24-29)46-26-31(22-30-23-33(54-5)15-17-34(30)40(46)38(35)28-10-7-6-8-11-28)39-36(25-43-47(39)32-12-9-13-32)42(49)45(18-20-52-3)19-21-53-4/h14-17,22-25,27-28,32H,6-13,18-21,26H2,1-5H3,(H,44,48). The predicted octanol–water partition coefficient (Wildman–Crippen LogP) is 7.04. The third-order valence-corrected chi connectivity index (χ3v) is 13.3. The van der Waals surface area contributed by atoms with Crippen molar-refractivity contribution in [3.8, 4) is 17.0 Å². The Labute approximate surface area is 323 Å². The van der Waals surface area contributed by atoms with Crippen LogP contribution >= 0.6 is 0 Å². The summed E-state index contributed by atoms with van der Waals surface area (Å²) in [5.41, 5.74) is 7.60. The minimum Gasteiger partial charge on any atom is -0.497 e. The highest BCUT2D eigenvalue weighted by Crippen LogP contribution is 2.48. The zero-order valence-corrected chi connectivity index (χ0v) is 33.4. The first-order valence-electron chi connectivity index (χ1n) is 19.5. The van der Waals surface area contributed by atoms with E-state index in [1.807, 2.05) is 22.9 Å². The first-order valence-corrected chi connectivity index (χ1v) is 21.1. The van der Waals surface area contributed by atoms with Crippen LogP contribution in [0.5, 0.6) is 5.75 Å². The van der Waals surface area contributed by atoms with Gasteiger partial charge in [-0.25, -0.2) is 13.1 Å². The number of fused-ring (bicyclic) bond motifs is 5. The molecule has 13 heteroatoms. The van der Waals surface area contributed by atoms with Gasteiger partial charge < -0.3 is 23.7 Å². The summed E-state index contributed by atoms with van der Waals surface area (Å²) in [7, 11) is 1.06. The van der Waals surface area contributed by atoms with Crippen LogP contribution in [0.4, 0.5) is 0 Å². The van der Waals surface area contributed by atoms with Gasteiger partial charge in [0.05, 0.1) is 61.3 Å². The molecule has 2 aromatic carbocycles. The maximum absolute atomic E-state index is 14.6. The van der Waals surface area contributed by atoms with Gasteiger partial charge in [-0.3, -0.25) is 14.3 Å². The fourth-order valence-corrected chi connectivity index (χ4v) is 8.88. The van der Waals surface area contributed by atoms with E-state index in [0.29, 0.717) is 44.3 Å². The normalized spacial score (nSPS) is 16.3. The van der Waals surface area contributed by atoms with Crippen LogP contribution in [0.2, 0.25) is 0 Å². The highest BCUT2D eigenvalue weighted by molar-refractivity contribution is 7.90. The molecule has 3 aliphatic rings. The molecular formula is C42H53N5O7S. The Bertz CT molecular complexity index is 2200. The Kier molecular flexibility index (Phi) is 11.5. The first-order chi connectivity index (χ1) is 26.6. The molecule has 3 heterocycles. The molecule has 2 saturated carbocycles. The molecule has 2 amide bonds. The molecule has 1 N–H and O–H groups in total. The molecule has 0 unspecified atom stereocenters. The molecule has 0 radical (unpaired) electrons. The van der Waals surface area contributed by atoms with Crippen LogP contribution in [0.15, 0.2) is 42.6 Å². The van der Waals surface area contributed by atoms with Gasteiger partial charge in [0.2, 0.25) is 10.0 Å². The van der Waals surface area contributed by atoms with E-state index in [1.54, 1.807) is 52.3 Å². The number of nitrogens with one attached hydrogen (secondary N) is 1.